The quantitative estimate of drug-likeness (QED) is 0.795. The highest BCUT2D eigenvalue weighted by Gasteiger charge is 2.27. The van der Waals surface area contributed by atoms with Crippen LogP contribution < -0.4 is 5.73 Å². The molecule has 0 aromatic carbocycles. The minimum Gasteiger partial charge on any atom is -0.339 e. The van der Waals surface area contributed by atoms with Crippen molar-refractivity contribution in [2.45, 2.75) is 38.5 Å². The van der Waals surface area contributed by atoms with E-state index in [-0.39, 0.29) is 17.9 Å². The first-order valence-corrected chi connectivity index (χ1v) is 6.77. The zero-order chi connectivity index (χ0) is 11.4. The molecule has 3 nitrogen and oxygen atoms in total. The molecule has 1 amide bonds. The summed E-state index contributed by atoms with van der Waals surface area (Å²) >= 11 is 1.93. The van der Waals surface area contributed by atoms with Crippen molar-refractivity contribution < 1.29 is 4.79 Å². The lowest BCUT2D eigenvalue weighted by Gasteiger charge is -2.33. The molecule has 1 fully saturated rings. The Kier molecular flexibility index (Phi) is 4.93. The monoisotopic (exact) mass is 230 g/mol. The lowest BCUT2D eigenvalue weighted by molar-refractivity contribution is -0.133. The van der Waals surface area contributed by atoms with Gasteiger partial charge in [0.05, 0.1) is 6.04 Å². The Morgan fingerprint density at radius 1 is 1.67 bits per heavy atom. The van der Waals surface area contributed by atoms with Crippen LogP contribution in [0.4, 0.5) is 0 Å². The molecule has 0 spiro atoms. The van der Waals surface area contributed by atoms with Crippen LogP contribution in [0.5, 0.6) is 0 Å². The molecule has 1 heterocycles. The normalized spacial score (nSPS) is 26.1. The van der Waals surface area contributed by atoms with Crippen LogP contribution in [-0.4, -0.2) is 40.9 Å². The number of nitrogens with zero attached hydrogens (tertiary/aromatic N) is 1. The van der Waals surface area contributed by atoms with Crippen molar-refractivity contribution in [1.82, 2.24) is 4.90 Å². The second-order valence-corrected chi connectivity index (χ2v) is 5.92. The van der Waals surface area contributed by atoms with Gasteiger partial charge in [0, 0.05) is 24.1 Å². The summed E-state index contributed by atoms with van der Waals surface area (Å²) in [6, 6.07) is -0.315. The van der Waals surface area contributed by atoms with E-state index in [1.165, 1.54) is 0 Å². The first kappa shape index (κ1) is 12.8. The third-order valence-corrected chi connectivity index (χ3v) is 4.23. The highest BCUT2D eigenvalue weighted by atomic mass is 32.2. The van der Waals surface area contributed by atoms with Gasteiger partial charge in [0.15, 0.2) is 0 Å². The minimum absolute atomic E-state index is 0.136. The average molecular weight is 230 g/mol. The van der Waals surface area contributed by atoms with Crippen molar-refractivity contribution in [2.24, 2.45) is 11.7 Å². The second kappa shape index (κ2) is 5.75. The molecule has 2 N–H and O–H groups in total. The van der Waals surface area contributed by atoms with Gasteiger partial charge < -0.3 is 10.6 Å². The maximum absolute atomic E-state index is 12.0. The number of rotatable bonds is 3. The van der Waals surface area contributed by atoms with E-state index in [0.29, 0.717) is 5.25 Å². The van der Waals surface area contributed by atoms with Crippen LogP contribution in [0.2, 0.25) is 0 Å². The Morgan fingerprint density at radius 2 is 2.33 bits per heavy atom. The van der Waals surface area contributed by atoms with Gasteiger partial charge in [0.2, 0.25) is 5.91 Å². The lowest BCUT2D eigenvalue weighted by atomic mass is 9.99. The maximum Gasteiger partial charge on any atom is 0.239 e. The number of carbonyl (C=O) groups is 1. The van der Waals surface area contributed by atoms with E-state index in [1.54, 1.807) is 0 Å². The summed E-state index contributed by atoms with van der Waals surface area (Å²) in [6.07, 6.45) is 0.963. The predicted octanol–water partition coefficient (Wildman–Crippen LogP) is 1.32. The lowest BCUT2D eigenvalue weighted by Crippen LogP contribution is -2.51. The molecule has 1 aliphatic rings. The van der Waals surface area contributed by atoms with Crippen LogP contribution in [0.1, 0.15) is 27.2 Å². The Labute approximate surface area is 96.8 Å². The van der Waals surface area contributed by atoms with Crippen molar-refractivity contribution in [3.8, 4) is 0 Å². The molecule has 0 aliphatic carbocycles. The molecule has 88 valence electrons. The van der Waals surface area contributed by atoms with E-state index in [1.807, 2.05) is 23.6 Å². The van der Waals surface area contributed by atoms with Gasteiger partial charge in [-0.05, 0) is 5.92 Å². The molecule has 1 aliphatic heterocycles. The minimum atomic E-state index is -0.315. The summed E-state index contributed by atoms with van der Waals surface area (Å²) in [5, 5.41) is 0.548. The fraction of sp³-hybridized carbons (Fsp3) is 0.909. The standard InChI is InChI=1S/C11H22N2OS/c1-4-8(2)10(12)11(14)13-5-6-15-9(3)7-13/h8-10H,4-7,12H2,1-3H3/t8?,9?,10-/m0/s1. The van der Waals surface area contributed by atoms with Crippen molar-refractivity contribution in [3.05, 3.63) is 0 Å². The predicted molar refractivity (Wildman–Crippen MR) is 65.9 cm³/mol. The first-order valence-electron chi connectivity index (χ1n) is 5.72. The summed E-state index contributed by atoms with van der Waals surface area (Å²) in [5.74, 6) is 1.46. The Bertz CT molecular complexity index is 223. The van der Waals surface area contributed by atoms with Gasteiger partial charge in [-0.15, -0.1) is 0 Å². The summed E-state index contributed by atoms with van der Waals surface area (Å²) in [7, 11) is 0. The molecular weight excluding hydrogens is 208 g/mol. The number of carbonyl (C=O) groups excluding carboxylic acids is 1. The maximum atomic E-state index is 12.0. The largest absolute Gasteiger partial charge is 0.339 e. The molecule has 0 aromatic heterocycles. The van der Waals surface area contributed by atoms with E-state index in [0.717, 1.165) is 25.3 Å². The Morgan fingerprint density at radius 3 is 2.87 bits per heavy atom. The van der Waals surface area contributed by atoms with Crippen LogP contribution in [-0.2, 0) is 4.79 Å². The first-order chi connectivity index (χ1) is 7.06. The molecule has 4 heteroatoms. The van der Waals surface area contributed by atoms with E-state index in [2.05, 4.69) is 13.8 Å². The average Bonchev–Trinajstić information content (AvgIpc) is 2.26. The Balaban J connectivity index is 2.51. The molecule has 0 bridgehead atoms. The fourth-order valence-corrected chi connectivity index (χ4v) is 2.74. The van der Waals surface area contributed by atoms with Crippen LogP contribution in [0.15, 0.2) is 0 Å². The van der Waals surface area contributed by atoms with Gasteiger partial charge in [-0.3, -0.25) is 4.79 Å². The van der Waals surface area contributed by atoms with Gasteiger partial charge in [0.25, 0.3) is 0 Å². The van der Waals surface area contributed by atoms with Crippen molar-refractivity contribution >= 4 is 17.7 Å². The van der Waals surface area contributed by atoms with E-state index < -0.39 is 0 Å². The zero-order valence-electron chi connectivity index (χ0n) is 9.90. The number of nitrogens with two attached hydrogens (primary N) is 1. The van der Waals surface area contributed by atoms with E-state index >= 15 is 0 Å². The van der Waals surface area contributed by atoms with Gasteiger partial charge in [-0.25, -0.2) is 0 Å². The highest BCUT2D eigenvalue weighted by Crippen LogP contribution is 2.19. The van der Waals surface area contributed by atoms with Gasteiger partial charge in [0.1, 0.15) is 0 Å². The van der Waals surface area contributed by atoms with Crippen LogP contribution in [0.3, 0.4) is 0 Å². The molecule has 0 aromatic rings. The van der Waals surface area contributed by atoms with Crippen molar-refractivity contribution in [1.29, 1.82) is 0 Å². The van der Waals surface area contributed by atoms with Gasteiger partial charge in [-0.1, -0.05) is 27.2 Å². The summed E-state index contributed by atoms with van der Waals surface area (Å²) in [6.45, 7) is 8.00. The summed E-state index contributed by atoms with van der Waals surface area (Å²) in [5.41, 5.74) is 5.95. The molecule has 3 atom stereocenters. The fourth-order valence-electron chi connectivity index (χ4n) is 1.73. The number of hydrogen-bond acceptors (Lipinski definition) is 3. The molecular formula is C11H22N2OS. The smallest absolute Gasteiger partial charge is 0.239 e. The molecule has 0 saturated carbocycles. The third kappa shape index (κ3) is 3.38. The topological polar surface area (TPSA) is 46.3 Å². The molecule has 1 rings (SSSR count). The van der Waals surface area contributed by atoms with Crippen molar-refractivity contribution in [3.63, 3.8) is 0 Å². The SMILES string of the molecule is CCC(C)[C@H](N)C(=O)N1CCSC(C)C1. The van der Waals surface area contributed by atoms with E-state index in [4.69, 9.17) is 5.73 Å². The Hall–Kier alpha value is -0.220. The summed E-state index contributed by atoms with van der Waals surface area (Å²) < 4.78 is 0. The molecule has 0 radical (unpaired) electrons. The van der Waals surface area contributed by atoms with Crippen LogP contribution in [0.25, 0.3) is 0 Å². The number of hydrogen-bond donors (Lipinski definition) is 1. The zero-order valence-corrected chi connectivity index (χ0v) is 10.7. The van der Waals surface area contributed by atoms with Gasteiger partial charge in [-0.2, -0.15) is 11.8 Å². The number of amides is 1. The second-order valence-electron chi connectivity index (χ2n) is 4.38. The molecule has 2 unspecified atom stereocenters. The van der Waals surface area contributed by atoms with E-state index in [9.17, 15) is 4.79 Å². The van der Waals surface area contributed by atoms with Gasteiger partial charge >= 0.3 is 0 Å². The molecule has 15 heavy (non-hydrogen) atoms. The number of thioether (sulfide) groups is 1. The highest BCUT2D eigenvalue weighted by molar-refractivity contribution is 7.99. The van der Waals surface area contributed by atoms with Crippen LogP contribution in [0, 0.1) is 5.92 Å². The van der Waals surface area contributed by atoms with Crippen LogP contribution >= 0.6 is 11.8 Å². The third-order valence-electron chi connectivity index (χ3n) is 3.09. The molecule has 1 saturated heterocycles. The van der Waals surface area contributed by atoms with Crippen molar-refractivity contribution in [2.75, 3.05) is 18.8 Å². The summed E-state index contributed by atoms with van der Waals surface area (Å²) in [4.78, 5) is 14.0.